The summed E-state index contributed by atoms with van der Waals surface area (Å²) < 4.78 is 28.9. The summed E-state index contributed by atoms with van der Waals surface area (Å²) in [4.78, 5) is 3.80. The van der Waals surface area contributed by atoms with Crippen LogP contribution in [0.15, 0.2) is 93.9 Å². The van der Waals surface area contributed by atoms with Gasteiger partial charge in [0, 0.05) is 39.2 Å². The number of aromatic nitrogens is 1. The number of para-hydroxylation sites is 1. The summed E-state index contributed by atoms with van der Waals surface area (Å²) in [6, 6.07) is 24.8. The van der Waals surface area contributed by atoms with E-state index < -0.39 is 0 Å². The Morgan fingerprint density at radius 1 is 0.811 bits per heavy atom. The Labute approximate surface area is 211 Å². The first-order valence-corrected chi connectivity index (χ1v) is 12.0. The minimum Gasteiger partial charge on any atom is -0.456 e. The van der Waals surface area contributed by atoms with Crippen molar-refractivity contribution in [3.8, 4) is 22.4 Å². The van der Waals surface area contributed by atoms with E-state index in [1.54, 1.807) is 6.20 Å². The summed E-state index contributed by atoms with van der Waals surface area (Å²) in [7, 11) is 1.88. The Kier molecular flexibility index (Phi) is 4.49. The molecular formula is C32H20FN2O2+. The lowest BCUT2D eigenvalue weighted by Gasteiger charge is -2.05. The predicted molar refractivity (Wildman–Crippen MR) is 144 cm³/mol. The highest BCUT2D eigenvalue weighted by Gasteiger charge is 2.24. The van der Waals surface area contributed by atoms with E-state index in [0.29, 0.717) is 22.5 Å². The molecule has 0 spiro atoms. The standard InChI is InChI=1S/C32H20FN2O2/c1-18-8-10-24-30-25(34-2)13-12-21(19-9-11-23-22-6-4-5-7-27(22)36-28(23)16-19)31(30)37-32(24)29(18)26-17-20(33)14-15-35(26)3/h4-17H,1,3H3/q+1. The highest BCUT2D eigenvalue weighted by atomic mass is 19.1. The molecule has 4 aromatic carbocycles. The van der Waals surface area contributed by atoms with Crippen molar-refractivity contribution in [3.05, 3.63) is 108 Å². The molecule has 7 aromatic rings. The smallest absolute Gasteiger partial charge is 0.219 e. The average Bonchev–Trinajstić information content (AvgIpc) is 3.48. The lowest BCUT2D eigenvalue weighted by molar-refractivity contribution is -0.660. The van der Waals surface area contributed by atoms with Crippen LogP contribution in [0.2, 0.25) is 0 Å². The van der Waals surface area contributed by atoms with Crippen LogP contribution in [0, 0.1) is 19.3 Å². The third-order valence-corrected chi connectivity index (χ3v) is 7.15. The van der Waals surface area contributed by atoms with Gasteiger partial charge in [-0.15, -0.1) is 0 Å². The molecule has 176 valence electrons. The number of pyridine rings is 1. The fraction of sp³-hybridized carbons (Fsp3) is 0.0625. The second-order valence-corrected chi connectivity index (χ2v) is 9.33. The first-order chi connectivity index (χ1) is 18.0. The molecule has 0 atom stereocenters. The molecule has 7 rings (SSSR count). The summed E-state index contributed by atoms with van der Waals surface area (Å²) in [6.45, 7) is 9.81. The number of hydrogen-bond acceptors (Lipinski definition) is 2. The van der Waals surface area contributed by atoms with Crippen LogP contribution in [0.5, 0.6) is 0 Å². The Morgan fingerprint density at radius 2 is 1.62 bits per heavy atom. The van der Waals surface area contributed by atoms with E-state index >= 15 is 0 Å². The van der Waals surface area contributed by atoms with Gasteiger partial charge in [-0.25, -0.2) is 13.8 Å². The van der Waals surface area contributed by atoms with E-state index in [2.05, 4.69) is 23.0 Å². The molecule has 0 radical (unpaired) electrons. The van der Waals surface area contributed by atoms with Gasteiger partial charge in [-0.2, -0.15) is 0 Å². The monoisotopic (exact) mass is 483 g/mol. The van der Waals surface area contributed by atoms with Crippen molar-refractivity contribution < 1.29 is 17.8 Å². The predicted octanol–water partition coefficient (Wildman–Crippen LogP) is 8.64. The maximum Gasteiger partial charge on any atom is 0.219 e. The van der Waals surface area contributed by atoms with E-state index in [1.165, 1.54) is 12.1 Å². The molecule has 37 heavy (non-hydrogen) atoms. The number of hydrogen-bond donors (Lipinski definition) is 0. The Hall–Kier alpha value is -4.95. The minimum atomic E-state index is -0.317. The molecular weight excluding hydrogens is 463 g/mol. The van der Waals surface area contributed by atoms with Crippen molar-refractivity contribution in [3.63, 3.8) is 0 Å². The Balaban J connectivity index is 1.55. The third-order valence-electron chi connectivity index (χ3n) is 7.15. The van der Waals surface area contributed by atoms with E-state index in [4.69, 9.17) is 15.4 Å². The molecule has 4 nitrogen and oxygen atoms in total. The normalized spacial score (nSPS) is 11.6. The number of halogens is 1. The maximum atomic E-state index is 14.3. The van der Waals surface area contributed by atoms with Gasteiger partial charge in [-0.05, 0) is 36.2 Å². The van der Waals surface area contributed by atoms with Crippen molar-refractivity contribution in [1.82, 2.24) is 0 Å². The number of fused-ring (bicyclic) bond motifs is 6. The fourth-order valence-electron chi connectivity index (χ4n) is 5.35. The summed E-state index contributed by atoms with van der Waals surface area (Å²) in [5.74, 6) is -0.317. The number of aryl methyl sites for hydroxylation is 2. The number of benzene rings is 4. The third kappa shape index (κ3) is 3.09. The van der Waals surface area contributed by atoms with Crippen LogP contribution in [0.4, 0.5) is 10.1 Å². The number of rotatable bonds is 2. The fourth-order valence-corrected chi connectivity index (χ4v) is 5.35. The topological polar surface area (TPSA) is 34.5 Å². The molecule has 0 aliphatic carbocycles. The summed E-state index contributed by atoms with van der Waals surface area (Å²) >= 11 is 0. The van der Waals surface area contributed by atoms with Crippen LogP contribution >= 0.6 is 0 Å². The van der Waals surface area contributed by atoms with E-state index in [9.17, 15) is 4.39 Å². The van der Waals surface area contributed by atoms with Gasteiger partial charge in [0.1, 0.15) is 35.2 Å². The molecule has 0 aliphatic rings. The molecule has 0 unspecified atom stereocenters. The van der Waals surface area contributed by atoms with Gasteiger partial charge in [0.05, 0.1) is 12.1 Å². The first kappa shape index (κ1) is 21.3. The molecule has 3 heterocycles. The van der Waals surface area contributed by atoms with Crippen molar-refractivity contribution >= 4 is 49.6 Å². The van der Waals surface area contributed by atoms with Crippen LogP contribution in [-0.2, 0) is 7.05 Å². The van der Waals surface area contributed by atoms with Gasteiger partial charge in [0.15, 0.2) is 11.9 Å². The van der Waals surface area contributed by atoms with E-state index in [-0.39, 0.29) is 5.82 Å². The van der Waals surface area contributed by atoms with Crippen LogP contribution < -0.4 is 4.57 Å². The molecule has 3 aromatic heterocycles. The van der Waals surface area contributed by atoms with Crippen LogP contribution in [0.25, 0.3) is 71.1 Å². The lowest BCUT2D eigenvalue weighted by atomic mass is 9.97. The van der Waals surface area contributed by atoms with Crippen molar-refractivity contribution in [2.45, 2.75) is 6.92 Å². The van der Waals surface area contributed by atoms with E-state index in [0.717, 1.165) is 55.0 Å². The summed E-state index contributed by atoms with van der Waals surface area (Å²) in [5.41, 5.74) is 7.69. The lowest BCUT2D eigenvalue weighted by Crippen LogP contribution is -2.30. The zero-order chi connectivity index (χ0) is 25.3. The largest absolute Gasteiger partial charge is 0.456 e. The van der Waals surface area contributed by atoms with E-state index in [1.807, 2.05) is 67.1 Å². The first-order valence-electron chi connectivity index (χ1n) is 12.0. The number of furan rings is 2. The summed E-state index contributed by atoms with van der Waals surface area (Å²) in [5, 5.41) is 3.71. The van der Waals surface area contributed by atoms with Crippen molar-refractivity contribution in [1.29, 1.82) is 0 Å². The second kappa shape index (κ2) is 7.78. The molecule has 0 fully saturated rings. The molecule has 0 aliphatic heterocycles. The van der Waals surface area contributed by atoms with Crippen LogP contribution in [0.3, 0.4) is 0 Å². The van der Waals surface area contributed by atoms with Gasteiger partial charge in [-0.1, -0.05) is 48.5 Å². The zero-order valence-corrected chi connectivity index (χ0v) is 20.2. The molecule has 5 heteroatoms. The highest BCUT2D eigenvalue weighted by Crippen LogP contribution is 2.45. The van der Waals surface area contributed by atoms with Crippen LogP contribution in [-0.4, -0.2) is 0 Å². The van der Waals surface area contributed by atoms with Gasteiger partial charge < -0.3 is 8.83 Å². The molecule has 0 saturated heterocycles. The Bertz CT molecular complexity index is 2090. The molecule has 0 bridgehead atoms. The maximum absolute atomic E-state index is 14.3. The summed E-state index contributed by atoms with van der Waals surface area (Å²) in [6.07, 6.45) is 1.70. The van der Waals surface area contributed by atoms with Gasteiger partial charge in [0.2, 0.25) is 5.69 Å². The second-order valence-electron chi connectivity index (χ2n) is 9.33. The zero-order valence-electron chi connectivity index (χ0n) is 20.2. The quantitative estimate of drug-likeness (QED) is 0.182. The van der Waals surface area contributed by atoms with Gasteiger partial charge >= 0.3 is 0 Å². The van der Waals surface area contributed by atoms with Crippen LogP contribution in [0.1, 0.15) is 5.56 Å². The van der Waals surface area contributed by atoms with Gasteiger partial charge in [-0.3, -0.25) is 0 Å². The van der Waals surface area contributed by atoms with Crippen molar-refractivity contribution in [2.24, 2.45) is 7.05 Å². The number of nitrogens with zero attached hydrogens (tertiary/aromatic N) is 2. The molecule has 0 N–H and O–H groups in total. The van der Waals surface area contributed by atoms with Gasteiger partial charge in [0.25, 0.3) is 0 Å². The highest BCUT2D eigenvalue weighted by molar-refractivity contribution is 6.18. The molecule has 0 saturated carbocycles. The van der Waals surface area contributed by atoms with Crippen molar-refractivity contribution in [2.75, 3.05) is 0 Å². The Morgan fingerprint density at radius 3 is 2.49 bits per heavy atom. The minimum absolute atomic E-state index is 0.317. The molecule has 0 amide bonds. The average molecular weight is 484 g/mol. The SMILES string of the molecule is [C-]#[N+]c1ccc(-c2ccc3c(c2)oc2ccccc23)c2oc3c(-c4cc(F)cc[n+]4C)c(C)ccc3c12.